The Balaban J connectivity index is 1.75. The minimum Gasteiger partial charge on any atom is -0.458 e. The first-order valence-corrected chi connectivity index (χ1v) is 10.4. The Morgan fingerprint density at radius 3 is 2.78 bits per heavy atom. The highest BCUT2D eigenvalue weighted by atomic mass is 32.2. The van der Waals surface area contributed by atoms with Gasteiger partial charge in [0.05, 0.1) is 5.52 Å². The summed E-state index contributed by atoms with van der Waals surface area (Å²) in [5, 5.41) is 1.16. The van der Waals surface area contributed by atoms with Gasteiger partial charge in [-0.2, -0.15) is 0 Å². The third-order valence-electron chi connectivity index (χ3n) is 4.44. The topological polar surface area (TPSA) is 39.2 Å². The van der Waals surface area contributed by atoms with Crippen LogP contribution < -0.4 is 0 Å². The minimum absolute atomic E-state index is 0.161. The number of ether oxygens (including phenoxy) is 1. The van der Waals surface area contributed by atoms with Crippen LogP contribution in [0.2, 0.25) is 0 Å². The molecule has 1 unspecified atom stereocenters. The van der Waals surface area contributed by atoms with Crippen LogP contribution in [-0.4, -0.2) is 11.0 Å². The van der Waals surface area contributed by atoms with E-state index in [4.69, 9.17) is 4.74 Å². The number of unbranched alkanes of at least 4 members (excludes halogenated alkanes) is 1. The second kappa shape index (κ2) is 9.56. The molecule has 1 aromatic heterocycles. The summed E-state index contributed by atoms with van der Waals surface area (Å²) in [5.41, 5.74) is 3.34. The number of aromatic nitrogens is 1. The molecule has 140 valence electrons. The molecule has 3 rings (SSSR count). The predicted molar refractivity (Wildman–Crippen MR) is 112 cm³/mol. The summed E-state index contributed by atoms with van der Waals surface area (Å²) in [6, 6.07) is 18.7. The maximum Gasteiger partial charge on any atom is 0.303 e. The Morgan fingerprint density at radius 1 is 1.15 bits per heavy atom. The van der Waals surface area contributed by atoms with Crippen LogP contribution in [0.25, 0.3) is 10.9 Å². The molecule has 27 heavy (non-hydrogen) atoms. The fourth-order valence-corrected chi connectivity index (χ4v) is 4.10. The fraction of sp³-hybridized carbons (Fsp3) is 0.304. The number of pyridine rings is 1. The third-order valence-corrected chi connectivity index (χ3v) is 5.56. The highest BCUT2D eigenvalue weighted by molar-refractivity contribution is 7.98. The van der Waals surface area contributed by atoms with Crippen LogP contribution in [-0.2, 0) is 15.3 Å². The Labute approximate surface area is 165 Å². The Kier molecular flexibility index (Phi) is 6.88. The number of hydrogen-bond donors (Lipinski definition) is 0. The van der Waals surface area contributed by atoms with Crippen LogP contribution in [0.15, 0.2) is 65.7 Å². The summed E-state index contributed by atoms with van der Waals surface area (Å²) >= 11 is 1.78. The summed E-state index contributed by atoms with van der Waals surface area (Å²) in [4.78, 5) is 17.2. The van der Waals surface area contributed by atoms with Crippen molar-refractivity contribution in [2.75, 3.05) is 0 Å². The van der Waals surface area contributed by atoms with Crippen molar-refractivity contribution in [2.24, 2.45) is 0 Å². The minimum atomic E-state index is -0.224. The van der Waals surface area contributed by atoms with Gasteiger partial charge in [0.2, 0.25) is 0 Å². The molecule has 0 fully saturated rings. The van der Waals surface area contributed by atoms with Crippen molar-refractivity contribution >= 4 is 28.6 Å². The van der Waals surface area contributed by atoms with Gasteiger partial charge in [-0.25, -0.2) is 0 Å². The van der Waals surface area contributed by atoms with Gasteiger partial charge in [-0.05, 0) is 36.1 Å². The number of fused-ring (bicyclic) bond motifs is 1. The first-order valence-electron chi connectivity index (χ1n) is 9.40. The van der Waals surface area contributed by atoms with E-state index in [0.29, 0.717) is 0 Å². The molecule has 0 spiro atoms. The van der Waals surface area contributed by atoms with E-state index in [1.807, 2.05) is 12.3 Å². The van der Waals surface area contributed by atoms with E-state index in [1.54, 1.807) is 11.8 Å². The van der Waals surface area contributed by atoms with Crippen molar-refractivity contribution in [3.8, 4) is 0 Å². The van der Waals surface area contributed by atoms with E-state index in [0.717, 1.165) is 41.5 Å². The molecule has 0 bridgehead atoms. The van der Waals surface area contributed by atoms with Crippen LogP contribution in [0, 0.1) is 0 Å². The van der Waals surface area contributed by atoms with Gasteiger partial charge >= 0.3 is 5.97 Å². The number of carbonyl (C=O) groups excluding carboxylic acids is 1. The van der Waals surface area contributed by atoms with E-state index < -0.39 is 0 Å². The second-order valence-electron chi connectivity index (χ2n) is 6.61. The van der Waals surface area contributed by atoms with Gasteiger partial charge in [-0.1, -0.05) is 55.8 Å². The Bertz CT molecular complexity index is 904. The molecule has 0 radical (unpaired) electrons. The molecule has 0 aliphatic rings. The SMILES string of the molecule is CCCCC(OC(C)=O)c1cccc(CSc2cccc3cccnc23)c1. The molecule has 0 saturated heterocycles. The lowest BCUT2D eigenvalue weighted by atomic mass is 10.0. The second-order valence-corrected chi connectivity index (χ2v) is 7.62. The first-order chi connectivity index (χ1) is 13.2. The summed E-state index contributed by atoms with van der Waals surface area (Å²) in [5.74, 6) is 0.627. The van der Waals surface area contributed by atoms with Crippen LogP contribution in [0.1, 0.15) is 50.3 Å². The maximum atomic E-state index is 11.5. The number of rotatable bonds is 8. The molecule has 0 aliphatic heterocycles. The molecule has 2 aromatic carbocycles. The summed E-state index contributed by atoms with van der Waals surface area (Å²) in [6.07, 6.45) is 4.66. The normalized spacial score (nSPS) is 12.1. The molecule has 0 N–H and O–H groups in total. The van der Waals surface area contributed by atoms with E-state index in [1.165, 1.54) is 17.4 Å². The van der Waals surface area contributed by atoms with Gasteiger partial charge in [-0.15, -0.1) is 11.8 Å². The lowest BCUT2D eigenvalue weighted by molar-refractivity contribution is -0.147. The summed E-state index contributed by atoms with van der Waals surface area (Å²) in [7, 11) is 0. The monoisotopic (exact) mass is 379 g/mol. The van der Waals surface area contributed by atoms with Crippen molar-refractivity contribution in [1.82, 2.24) is 4.98 Å². The zero-order chi connectivity index (χ0) is 19.1. The lowest BCUT2D eigenvalue weighted by Gasteiger charge is -2.18. The lowest BCUT2D eigenvalue weighted by Crippen LogP contribution is -2.09. The van der Waals surface area contributed by atoms with Crippen LogP contribution in [0.4, 0.5) is 0 Å². The zero-order valence-corrected chi connectivity index (χ0v) is 16.7. The van der Waals surface area contributed by atoms with Crippen molar-refractivity contribution < 1.29 is 9.53 Å². The van der Waals surface area contributed by atoms with Crippen molar-refractivity contribution in [1.29, 1.82) is 0 Å². The van der Waals surface area contributed by atoms with E-state index in [2.05, 4.69) is 60.4 Å². The van der Waals surface area contributed by atoms with Gasteiger partial charge in [0.15, 0.2) is 0 Å². The standard InChI is InChI=1S/C23H25NO2S/c1-3-4-12-21(26-17(2)25)20-10-5-8-18(15-20)16-27-22-13-6-9-19-11-7-14-24-23(19)22/h5-11,13-15,21H,3-4,12,16H2,1-2H3. The molecule has 1 heterocycles. The van der Waals surface area contributed by atoms with E-state index >= 15 is 0 Å². The van der Waals surface area contributed by atoms with Crippen LogP contribution in [0.3, 0.4) is 0 Å². The van der Waals surface area contributed by atoms with Crippen LogP contribution >= 0.6 is 11.8 Å². The molecule has 4 heteroatoms. The number of thioether (sulfide) groups is 1. The fourth-order valence-electron chi connectivity index (χ4n) is 3.12. The predicted octanol–water partition coefficient (Wildman–Crippen LogP) is 6.32. The maximum absolute atomic E-state index is 11.5. The quantitative estimate of drug-likeness (QED) is 0.339. The number of hydrogen-bond acceptors (Lipinski definition) is 4. The first kappa shape index (κ1) is 19.4. The van der Waals surface area contributed by atoms with Crippen molar-refractivity contribution in [2.45, 2.75) is 49.9 Å². The average molecular weight is 380 g/mol. The van der Waals surface area contributed by atoms with Crippen molar-refractivity contribution in [3.63, 3.8) is 0 Å². The molecular weight excluding hydrogens is 354 g/mol. The van der Waals surface area contributed by atoms with Gasteiger partial charge < -0.3 is 4.74 Å². The molecule has 3 aromatic rings. The highest BCUT2D eigenvalue weighted by Gasteiger charge is 2.15. The number of benzene rings is 2. The summed E-state index contributed by atoms with van der Waals surface area (Å²) in [6.45, 7) is 3.63. The van der Waals surface area contributed by atoms with Gasteiger partial charge in [0, 0.05) is 29.2 Å². The average Bonchev–Trinajstić information content (AvgIpc) is 2.69. The smallest absolute Gasteiger partial charge is 0.303 e. The largest absolute Gasteiger partial charge is 0.458 e. The number of carbonyl (C=O) groups is 1. The van der Waals surface area contributed by atoms with Gasteiger partial charge in [0.25, 0.3) is 0 Å². The number of para-hydroxylation sites is 1. The molecule has 3 nitrogen and oxygen atoms in total. The number of nitrogens with zero attached hydrogens (tertiary/aromatic N) is 1. The Morgan fingerprint density at radius 2 is 1.96 bits per heavy atom. The van der Waals surface area contributed by atoms with Crippen LogP contribution in [0.5, 0.6) is 0 Å². The zero-order valence-electron chi connectivity index (χ0n) is 15.9. The number of esters is 1. The highest BCUT2D eigenvalue weighted by Crippen LogP contribution is 2.30. The van der Waals surface area contributed by atoms with Crippen molar-refractivity contribution in [3.05, 3.63) is 71.9 Å². The molecular formula is C23H25NO2S. The molecule has 0 saturated carbocycles. The van der Waals surface area contributed by atoms with Gasteiger partial charge in [-0.3, -0.25) is 9.78 Å². The third kappa shape index (κ3) is 5.33. The van der Waals surface area contributed by atoms with E-state index in [-0.39, 0.29) is 12.1 Å². The molecule has 0 aliphatic carbocycles. The summed E-state index contributed by atoms with van der Waals surface area (Å²) < 4.78 is 5.56. The molecule has 1 atom stereocenters. The Hall–Kier alpha value is -2.33. The van der Waals surface area contributed by atoms with Gasteiger partial charge in [0.1, 0.15) is 6.10 Å². The van der Waals surface area contributed by atoms with E-state index in [9.17, 15) is 4.79 Å². The molecule has 0 amide bonds.